The lowest BCUT2D eigenvalue weighted by Crippen LogP contribution is -2.62. The SMILES string of the molecule is Cc1cccc(CN2[C@H](CNS(=O)(=O)N(C)C)CN(C)C(=O)[C@@H]2C)c1. The Morgan fingerprint density at radius 3 is 2.60 bits per heavy atom. The second-order valence-electron chi connectivity index (χ2n) is 6.85. The summed E-state index contributed by atoms with van der Waals surface area (Å²) >= 11 is 0. The van der Waals surface area contributed by atoms with Crippen LogP contribution in [-0.4, -0.2) is 74.7 Å². The van der Waals surface area contributed by atoms with E-state index in [0.717, 1.165) is 15.4 Å². The van der Waals surface area contributed by atoms with Crippen LogP contribution >= 0.6 is 0 Å². The Labute approximate surface area is 150 Å². The number of benzene rings is 1. The van der Waals surface area contributed by atoms with E-state index in [9.17, 15) is 13.2 Å². The Hall–Kier alpha value is -1.48. The maximum atomic E-state index is 12.4. The van der Waals surface area contributed by atoms with E-state index in [1.54, 1.807) is 11.9 Å². The number of carbonyl (C=O) groups is 1. The highest BCUT2D eigenvalue weighted by Gasteiger charge is 2.36. The van der Waals surface area contributed by atoms with Crippen LogP contribution in [0.2, 0.25) is 0 Å². The molecule has 1 fully saturated rings. The lowest BCUT2D eigenvalue weighted by atomic mass is 10.0. The molecule has 1 aromatic carbocycles. The Kier molecular flexibility index (Phi) is 6.21. The van der Waals surface area contributed by atoms with Crippen molar-refractivity contribution in [3.63, 3.8) is 0 Å². The normalized spacial score (nSPS) is 22.6. The predicted octanol–water partition coefficient (Wildman–Crippen LogP) is 0.422. The number of amides is 1. The van der Waals surface area contributed by atoms with Crippen molar-refractivity contribution in [1.29, 1.82) is 0 Å². The summed E-state index contributed by atoms with van der Waals surface area (Å²) in [7, 11) is 1.25. The van der Waals surface area contributed by atoms with Crippen LogP contribution in [0.15, 0.2) is 24.3 Å². The third kappa shape index (κ3) is 4.78. The van der Waals surface area contributed by atoms with Crippen LogP contribution < -0.4 is 4.72 Å². The number of likely N-dealkylation sites (N-methyl/N-ethyl adjacent to an activating group) is 1. The Balaban J connectivity index is 2.19. The van der Waals surface area contributed by atoms with E-state index in [0.29, 0.717) is 13.1 Å². The Morgan fingerprint density at radius 2 is 2.00 bits per heavy atom. The molecule has 7 nitrogen and oxygen atoms in total. The summed E-state index contributed by atoms with van der Waals surface area (Å²) in [6.45, 7) is 5.27. The highest BCUT2D eigenvalue weighted by atomic mass is 32.2. The fraction of sp³-hybridized carbons (Fsp3) is 0.588. The molecule has 0 radical (unpaired) electrons. The van der Waals surface area contributed by atoms with Crippen molar-refractivity contribution < 1.29 is 13.2 Å². The Morgan fingerprint density at radius 1 is 1.32 bits per heavy atom. The molecule has 2 rings (SSSR count). The molecule has 1 heterocycles. The smallest absolute Gasteiger partial charge is 0.278 e. The molecule has 0 unspecified atom stereocenters. The van der Waals surface area contributed by atoms with Gasteiger partial charge in [0.15, 0.2) is 0 Å². The van der Waals surface area contributed by atoms with Gasteiger partial charge >= 0.3 is 0 Å². The van der Waals surface area contributed by atoms with E-state index in [-0.39, 0.29) is 24.5 Å². The van der Waals surface area contributed by atoms with Gasteiger partial charge in [-0.2, -0.15) is 12.7 Å². The van der Waals surface area contributed by atoms with Crippen LogP contribution in [0.1, 0.15) is 18.1 Å². The first-order valence-corrected chi connectivity index (χ1v) is 9.79. The minimum Gasteiger partial charge on any atom is -0.343 e. The molecule has 0 saturated carbocycles. The predicted molar refractivity (Wildman–Crippen MR) is 98.2 cm³/mol. The van der Waals surface area contributed by atoms with Gasteiger partial charge in [-0.05, 0) is 19.4 Å². The van der Waals surface area contributed by atoms with Gasteiger partial charge in [0.05, 0.1) is 6.04 Å². The molecule has 0 spiro atoms. The molecular formula is C17H28N4O3S. The van der Waals surface area contributed by atoms with Crippen LogP contribution in [0.3, 0.4) is 0 Å². The van der Waals surface area contributed by atoms with Crippen molar-refractivity contribution >= 4 is 16.1 Å². The van der Waals surface area contributed by atoms with E-state index >= 15 is 0 Å². The fourth-order valence-electron chi connectivity index (χ4n) is 3.09. The van der Waals surface area contributed by atoms with Crippen LogP contribution in [0.25, 0.3) is 0 Å². The van der Waals surface area contributed by atoms with Gasteiger partial charge < -0.3 is 4.90 Å². The second kappa shape index (κ2) is 7.82. The molecule has 25 heavy (non-hydrogen) atoms. The monoisotopic (exact) mass is 368 g/mol. The second-order valence-corrected chi connectivity index (χ2v) is 8.81. The zero-order chi connectivity index (χ0) is 18.8. The van der Waals surface area contributed by atoms with E-state index in [4.69, 9.17) is 0 Å². The minimum atomic E-state index is -3.50. The molecule has 1 amide bonds. The van der Waals surface area contributed by atoms with Gasteiger partial charge in [-0.3, -0.25) is 9.69 Å². The molecule has 1 aromatic rings. The van der Waals surface area contributed by atoms with E-state index in [1.807, 2.05) is 32.0 Å². The molecule has 1 aliphatic heterocycles. The summed E-state index contributed by atoms with van der Waals surface area (Å²) in [5.74, 6) is 0.0550. The molecule has 140 valence electrons. The van der Waals surface area contributed by atoms with E-state index < -0.39 is 10.2 Å². The van der Waals surface area contributed by atoms with Gasteiger partial charge in [-0.1, -0.05) is 29.8 Å². The topological polar surface area (TPSA) is 73.0 Å². The lowest BCUT2D eigenvalue weighted by Gasteiger charge is -2.44. The van der Waals surface area contributed by atoms with Gasteiger partial charge in [0.25, 0.3) is 10.2 Å². The molecule has 0 aromatic heterocycles. The first-order valence-electron chi connectivity index (χ1n) is 8.35. The largest absolute Gasteiger partial charge is 0.343 e. The molecule has 1 N–H and O–H groups in total. The van der Waals surface area contributed by atoms with E-state index in [2.05, 4.69) is 15.7 Å². The number of nitrogens with zero attached hydrogens (tertiary/aromatic N) is 3. The highest BCUT2D eigenvalue weighted by Crippen LogP contribution is 2.20. The summed E-state index contributed by atoms with van der Waals surface area (Å²) in [5.41, 5.74) is 2.28. The zero-order valence-electron chi connectivity index (χ0n) is 15.6. The summed E-state index contributed by atoms with van der Waals surface area (Å²) < 4.78 is 27.8. The number of hydrogen-bond donors (Lipinski definition) is 1. The zero-order valence-corrected chi connectivity index (χ0v) is 16.4. The summed E-state index contributed by atoms with van der Waals surface area (Å²) in [6.07, 6.45) is 0. The third-order valence-corrected chi connectivity index (χ3v) is 6.11. The van der Waals surface area contributed by atoms with Crippen molar-refractivity contribution in [2.75, 3.05) is 34.2 Å². The quantitative estimate of drug-likeness (QED) is 0.790. The maximum absolute atomic E-state index is 12.4. The standard InChI is InChI=1S/C17H28N4O3S/c1-13-7-6-8-15(9-13)11-21-14(2)17(22)20(5)12-16(21)10-18-25(23,24)19(3)4/h6-9,14,16,18H,10-12H2,1-5H3/t14-,16+/m0/s1. The van der Waals surface area contributed by atoms with Gasteiger partial charge in [-0.15, -0.1) is 0 Å². The van der Waals surface area contributed by atoms with Gasteiger partial charge in [0.2, 0.25) is 5.91 Å². The molecular weight excluding hydrogens is 340 g/mol. The first kappa shape index (κ1) is 19.8. The molecule has 1 aliphatic rings. The fourth-order valence-corrected chi connectivity index (χ4v) is 3.75. The van der Waals surface area contributed by atoms with Crippen molar-refractivity contribution in [2.24, 2.45) is 0 Å². The van der Waals surface area contributed by atoms with Crippen molar-refractivity contribution in [3.05, 3.63) is 35.4 Å². The number of rotatable bonds is 6. The number of carbonyl (C=O) groups excluding carboxylic acids is 1. The number of nitrogens with one attached hydrogen (secondary N) is 1. The highest BCUT2D eigenvalue weighted by molar-refractivity contribution is 7.87. The summed E-state index contributed by atoms with van der Waals surface area (Å²) in [5, 5.41) is 0. The maximum Gasteiger partial charge on any atom is 0.278 e. The average Bonchev–Trinajstić information content (AvgIpc) is 2.54. The average molecular weight is 369 g/mol. The molecule has 0 aliphatic carbocycles. The molecule has 8 heteroatoms. The van der Waals surface area contributed by atoms with Gasteiger partial charge in [0.1, 0.15) is 0 Å². The molecule has 0 bridgehead atoms. The van der Waals surface area contributed by atoms with Crippen molar-refractivity contribution in [2.45, 2.75) is 32.5 Å². The van der Waals surface area contributed by atoms with Gasteiger partial charge in [-0.25, -0.2) is 4.72 Å². The van der Waals surface area contributed by atoms with Crippen molar-refractivity contribution in [1.82, 2.24) is 18.8 Å². The summed E-state index contributed by atoms with van der Waals surface area (Å²) in [6, 6.07) is 7.77. The van der Waals surface area contributed by atoms with E-state index in [1.165, 1.54) is 14.1 Å². The van der Waals surface area contributed by atoms with Gasteiger partial charge in [0, 0.05) is 46.8 Å². The molecule has 2 atom stereocenters. The number of piperazine rings is 1. The number of aryl methyl sites for hydroxylation is 1. The van der Waals surface area contributed by atoms with Crippen LogP contribution in [-0.2, 0) is 21.5 Å². The Bertz CT molecular complexity index is 720. The molecule has 1 saturated heterocycles. The summed E-state index contributed by atoms with van der Waals surface area (Å²) in [4.78, 5) is 16.1. The first-order chi connectivity index (χ1) is 11.6. The third-order valence-electron chi connectivity index (χ3n) is 4.61. The van der Waals surface area contributed by atoms with Crippen LogP contribution in [0.5, 0.6) is 0 Å². The lowest BCUT2D eigenvalue weighted by molar-refractivity contribution is -0.142. The van der Waals surface area contributed by atoms with Crippen LogP contribution in [0, 0.1) is 6.92 Å². The minimum absolute atomic E-state index is 0.0550. The number of hydrogen-bond acceptors (Lipinski definition) is 4. The van der Waals surface area contributed by atoms with Crippen molar-refractivity contribution in [3.8, 4) is 0 Å². The van der Waals surface area contributed by atoms with Crippen LogP contribution in [0.4, 0.5) is 0 Å².